The van der Waals surface area contributed by atoms with Gasteiger partial charge in [-0.2, -0.15) is 0 Å². The highest BCUT2D eigenvalue weighted by Crippen LogP contribution is 2.57. The second-order valence-electron chi connectivity index (χ2n) is 9.32. The molecular formula is C24H28S. The Balaban J connectivity index is 1.76. The van der Waals surface area contributed by atoms with Gasteiger partial charge in [0.1, 0.15) is 0 Å². The Morgan fingerprint density at radius 2 is 1.48 bits per heavy atom. The van der Waals surface area contributed by atoms with E-state index in [9.17, 15) is 0 Å². The van der Waals surface area contributed by atoms with Crippen molar-refractivity contribution in [2.45, 2.75) is 74.9 Å². The van der Waals surface area contributed by atoms with E-state index in [-0.39, 0.29) is 5.41 Å². The average Bonchev–Trinajstić information content (AvgIpc) is 2.79. The lowest BCUT2D eigenvalue weighted by Gasteiger charge is -2.41. The molecule has 0 nitrogen and oxygen atoms in total. The highest BCUT2D eigenvalue weighted by atomic mass is 32.2. The summed E-state index contributed by atoms with van der Waals surface area (Å²) in [4.78, 5) is 1.66. The maximum Gasteiger partial charge on any atom is 0.0235 e. The van der Waals surface area contributed by atoms with Crippen molar-refractivity contribution in [3.63, 3.8) is 0 Å². The molecule has 1 aliphatic heterocycles. The van der Waals surface area contributed by atoms with Crippen LogP contribution in [0, 0.1) is 5.41 Å². The van der Waals surface area contributed by atoms with Gasteiger partial charge in [-0.25, -0.2) is 0 Å². The van der Waals surface area contributed by atoms with Crippen LogP contribution in [0.4, 0.5) is 0 Å². The van der Waals surface area contributed by atoms with E-state index >= 15 is 0 Å². The molecule has 25 heavy (non-hydrogen) atoms. The van der Waals surface area contributed by atoms with Gasteiger partial charge < -0.3 is 0 Å². The van der Waals surface area contributed by atoms with E-state index in [0.29, 0.717) is 5.92 Å². The van der Waals surface area contributed by atoms with Crippen LogP contribution >= 0.6 is 11.8 Å². The van der Waals surface area contributed by atoms with Crippen molar-refractivity contribution in [3.8, 4) is 0 Å². The molecule has 6 rings (SSSR count). The first-order chi connectivity index (χ1) is 12.0. The van der Waals surface area contributed by atoms with Gasteiger partial charge in [0.05, 0.1) is 0 Å². The van der Waals surface area contributed by atoms with E-state index in [1.165, 1.54) is 25.7 Å². The third kappa shape index (κ3) is 2.42. The summed E-state index contributed by atoms with van der Waals surface area (Å²) in [5.74, 6) is 3.29. The lowest BCUT2D eigenvalue weighted by molar-refractivity contribution is 0.341. The van der Waals surface area contributed by atoms with Gasteiger partial charge in [-0.05, 0) is 70.8 Å². The molecule has 0 aromatic heterocycles. The molecule has 1 heterocycles. The fraction of sp³-hybridized carbons (Fsp3) is 0.500. The Hall–Kier alpha value is -1.21. The number of benzene rings is 2. The number of hydrogen-bond acceptors (Lipinski definition) is 1. The first kappa shape index (κ1) is 16.0. The van der Waals surface area contributed by atoms with Crippen molar-refractivity contribution in [2.24, 2.45) is 5.41 Å². The molecule has 1 saturated carbocycles. The summed E-state index contributed by atoms with van der Waals surface area (Å²) >= 11 is 2.13. The average molecular weight is 349 g/mol. The zero-order chi connectivity index (χ0) is 17.2. The van der Waals surface area contributed by atoms with Gasteiger partial charge in [-0.3, -0.25) is 0 Å². The molecule has 2 bridgehead atoms. The Bertz CT molecular complexity index is 818. The second-order valence-corrected chi connectivity index (χ2v) is 10.3. The molecule has 0 N–H and O–H groups in total. The number of hydrogen-bond donors (Lipinski definition) is 0. The SMILES string of the molecule is CC(C)(C)C1c2ccccc2CSc2c1ccc1c2C2CCC1CC2. The largest absolute Gasteiger partial charge is 0.121 e. The molecule has 0 radical (unpaired) electrons. The second kappa shape index (κ2) is 5.64. The molecule has 2 aromatic carbocycles. The molecule has 0 spiro atoms. The maximum absolute atomic E-state index is 2.51. The van der Waals surface area contributed by atoms with E-state index in [0.717, 1.165) is 17.6 Å². The Morgan fingerprint density at radius 1 is 0.800 bits per heavy atom. The van der Waals surface area contributed by atoms with Gasteiger partial charge in [0.25, 0.3) is 0 Å². The standard InChI is InChI=1S/C24H28S/c1-24(2,3)22-19-7-5-4-6-17(19)14-25-23-20(22)13-12-18-15-8-10-16(11-9-15)21(18)23/h4-7,12-13,15-16,22H,8-11,14H2,1-3H3. The topological polar surface area (TPSA) is 0 Å². The molecule has 1 atom stereocenters. The first-order valence-corrected chi connectivity index (χ1v) is 10.9. The van der Waals surface area contributed by atoms with Crippen molar-refractivity contribution < 1.29 is 0 Å². The summed E-state index contributed by atoms with van der Waals surface area (Å²) < 4.78 is 0. The minimum atomic E-state index is 0.234. The molecule has 130 valence electrons. The summed E-state index contributed by atoms with van der Waals surface area (Å²) in [7, 11) is 0. The normalized spacial score (nSPS) is 27.2. The Kier molecular flexibility index (Phi) is 3.61. The molecule has 4 aliphatic rings. The summed E-state index contributed by atoms with van der Waals surface area (Å²) in [6, 6.07) is 14.2. The highest BCUT2D eigenvalue weighted by Gasteiger charge is 2.39. The lowest BCUT2D eigenvalue weighted by Crippen LogP contribution is -2.25. The maximum atomic E-state index is 2.51. The Labute approximate surface area is 156 Å². The summed E-state index contributed by atoms with van der Waals surface area (Å²) in [5.41, 5.74) is 8.39. The minimum Gasteiger partial charge on any atom is -0.121 e. The van der Waals surface area contributed by atoms with Gasteiger partial charge in [0.15, 0.2) is 0 Å². The number of thioether (sulfide) groups is 1. The molecule has 1 fully saturated rings. The van der Waals surface area contributed by atoms with Crippen molar-refractivity contribution in [1.29, 1.82) is 0 Å². The zero-order valence-corrected chi connectivity index (χ0v) is 16.5. The van der Waals surface area contributed by atoms with Crippen molar-refractivity contribution in [1.82, 2.24) is 0 Å². The molecule has 2 aromatic rings. The van der Waals surface area contributed by atoms with Crippen LogP contribution in [0.3, 0.4) is 0 Å². The number of fused-ring (bicyclic) bond motifs is 4. The van der Waals surface area contributed by atoms with Crippen LogP contribution in [-0.2, 0) is 5.75 Å². The molecular weight excluding hydrogens is 320 g/mol. The van der Waals surface area contributed by atoms with Crippen LogP contribution in [-0.4, -0.2) is 0 Å². The fourth-order valence-corrected chi connectivity index (χ4v) is 7.04. The van der Waals surface area contributed by atoms with E-state index in [1.807, 2.05) is 0 Å². The minimum absolute atomic E-state index is 0.234. The molecule has 0 saturated heterocycles. The molecule has 1 heteroatoms. The third-order valence-electron chi connectivity index (χ3n) is 6.75. The van der Waals surface area contributed by atoms with E-state index in [4.69, 9.17) is 0 Å². The summed E-state index contributed by atoms with van der Waals surface area (Å²) in [6.07, 6.45) is 5.68. The quantitative estimate of drug-likeness (QED) is 0.484. The monoisotopic (exact) mass is 348 g/mol. The smallest absolute Gasteiger partial charge is 0.0235 e. The van der Waals surface area contributed by atoms with Crippen LogP contribution in [0.1, 0.15) is 92.0 Å². The third-order valence-corrected chi connectivity index (χ3v) is 7.95. The Morgan fingerprint density at radius 3 is 2.24 bits per heavy atom. The molecule has 3 aliphatic carbocycles. The van der Waals surface area contributed by atoms with Gasteiger partial charge in [-0.1, -0.05) is 57.2 Å². The molecule has 0 amide bonds. The van der Waals surface area contributed by atoms with Crippen LogP contribution < -0.4 is 0 Å². The van der Waals surface area contributed by atoms with Crippen LogP contribution in [0.15, 0.2) is 41.3 Å². The fourth-order valence-electron chi connectivity index (χ4n) is 5.69. The number of rotatable bonds is 0. The van der Waals surface area contributed by atoms with Crippen LogP contribution in [0.5, 0.6) is 0 Å². The van der Waals surface area contributed by atoms with E-state index in [1.54, 1.807) is 32.7 Å². The van der Waals surface area contributed by atoms with E-state index in [2.05, 4.69) is 68.9 Å². The van der Waals surface area contributed by atoms with Crippen LogP contribution in [0.25, 0.3) is 0 Å². The van der Waals surface area contributed by atoms with E-state index < -0.39 is 0 Å². The predicted molar refractivity (Wildman–Crippen MR) is 108 cm³/mol. The zero-order valence-electron chi connectivity index (χ0n) is 15.6. The van der Waals surface area contributed by atoms with Gasteiger partial charge in [0.2, 0.25) is 0 Å². The highest BCUT2D eigenvalue weighted by molar-refractivity contribution is 7.98. The van der Waals surface area contributed by atoms with Crippen molar-refractivity contribution in [2.75, 3.05) is 0 Å². The summed E-state index contributed by atoms with van der Waals surface area (Å²) in [5, 5.41) is 0. The van der Waals surface area contributed by atoms with Gasteiger partial charge in [0, 0.05) is 16.6 Å². The molecule has 1 unspecified atom stereocenters. The first-order valence-electron chi connectivity index (χ1n) is 9.91. The van der Waals surface area contributed by atoms with Gasteiger partial charge in [-0.15, -0.1) is 11.8 Å². The predicted octanol–water partition coefficient (Wildman–Crippen LogP) is 7.23. The van der Waals surface area contributed by atoms with Crippen LogP contribution in [0.2, 0.25) is 0 Å². The summed E-state index contributed by atoms with van der Waals surface area (Å²) in [6.45, 7) is 7.25. The van der Waals surface area contributed by atoms with Crippen molar-refractivity contribution in [3.05, 3.63) is 64.2 Å². The van der Waals surface area contributed by atoms with Crippen molar-refractivity contribution >= 4 is 11.8 Å². The van der Waals surface area contributed by atoms with Gasteiger partial charge >= 0.3 is 0 Å². The lowest BCUT2D eigenvalue weighted by atomic mass is 9.65.